The van der Waals surface area contributed by atoms with Crippen molar-refractivity contribution in [2.75, 3.05) is 33.3 Å². The van der Waals surface area contributed by atoms with Crippen LogP contribution in [0.4, 0.5) is 4.79 Å². The third kappa shape index (κ3) is 3.36. The van der Waals surface area contributed by atoms with E-state index in [1.54, 1.807) is 18.9 Å². The molecule has 0 radical (unpaired) electrons. The van der Waals surface area contributed by atoms with E-state index in [1.165, 1.54) is 4.90 Å². The van der Waals surface area contributed by atoms with Gasteiger partial charge in [0.25, 0.3) is 0 Å². The van der Waals surface area contributed by atoms with Crippen LogP contribution in [0.3, 0.4) is 0 Å². The Hall–Kier alpha value is -1.74. The average Bonchev–Trinajstić information content (AvgIpc) is 2.22. The molecular weight excluding hydrogens is 224 g/mol. The second-order valence-corrected chi connectivity index (χ2v) is 4.33. The second-order valence-electron chi connectivity index (χ2n) is 4.33. The lowest BCUT2D eigenvalue weighted by Crippen LogP contribution is -2.65. The number of carboxylic acid groups (broad SMARTS) is 1. The number of rotatable bonds is 4. The average molecular weight is 240 g/mol. The number of hydrogen-bond acceptors (Lipinski definition) is 3. The van der Waals surface area contributed by atoms with Crippen molar-refractivity contribution >= 4 is 12.0 Å². The molecule has 0 unspecified atom stereocenters. The standard InChI is InChI=1S/C11H16N2O4/c1-4-5-12(3)10(16)13-7-11(2,8-13)17-6-9(14)15/h1H,5-8H2,2-3H3,(H,14,15). The quantitative estimate of drug-likeness (QED) is 0.694. The van der Waals surface area contributed by atoms with Crippen LogP contribution in [0.2, 0.25) is 0 Å². The number of terminal acetylenes is 1. The SMILES string of the molecule is C#CCN(C)C(=O)N1CC(C)(OCC(=O)O)C1. The van der Waals surface area contributed by atoms with Crippen molar-refractivity contribution in [3.05, 3.63) is 0 Å². The molecule has 94 valence electrons. The van der Waals surface area contributed by atoms with Gasteiger partial charge in [0.2, 0.25) is 0 Å². The number of hydrogen-bond donors (Lipinski definition) is 1. The first-order valence-electron chi connectivity index (χ1n) is 5.17. The van der Waals surface area contributed by atoms with Gasteiger partial charge >= 0.3 is 12.0 Å². The molecule has 1 heterocycles. The summed E-state index contributed by atoms with van der Waals surface area (Å²) in [4.78, 5) is 25.1. The lowest BCUT2D eigenvalue weighted by Gasteiger charge is -2.48. The summed E-state index contributed by atoms with van der Waals surface area (Å²) in [5, 5.41) is 8.49. The van der Waals surface area contributed by atoms with Gasteiger partial charge in [-0.1, -0.05) is 5.92 Å². The van der Waals surface area contributed by atoms with Crippen molar-refractivity contribution in [3.8, 4) is 12.3 Å². The van der Waals surface area contributed by atoms with Gasteiger partial charge in [0.05, 0.1) is 19.6 Å². The van der Waals surface area contributed by atoms with E-state index in [9.17, 15) is 9.59 Å². The van der Waals surface area contributed by atoms with Crippen LogP contribution in [0.1, 0.15) is 6.92 Å². The molecule has 0 aromatic carbocycles. The highest BCUT2D eigenvalue weighted by Gasteiger charge is 2.43. The molecule has 0 saturated carbocycles. The molecule has 0 aromatic heterocycles. The first kappa shape index (κ1) is 13.3. The van der Waals surface area contributed by atoms with E-state index in [1.807, 2.05) is 0 Å². The molecule has 1 aliphatic rings. The van der Waals surface area contributed by atoms with Gasteiger partial charge in [0, 0.05) is 7.05 Å². The Labute approximate surface area is 100 Å². The highest BCUT2D eigenvalue weighted by atomic mass is 16.5. The molecule has 6 heteroatoms. The minimum absolute atomic E-state index is 0.167. The number of nitrogens with zero attached hydrogens (tertiary/aromatic N) is 2. The monoisotopic (exact) mass is 240 g/mol. The van der Waals surface area contributed by atoms with E-state index in [2.05, 4.69) is 5.92 Å². The fraction of sp³-hybridized carbons (Fsp3) is 0.636. The zero-order chi connectivity index (χ0) is 13.1. The second kappa shape index (κ2) is 5.06. The molecule has 1 fully saturated rings. The minimum atomic E-state index is -1.01. The van der Waals surface area contributed by atoms with Crippen molar-refractivity contribution in [2.45, 2.75) is 12.5 Å². The lowest BCUT2D eigenvalue weighted by molar-refractivity contribution is -0.160. The Morgan fingerprint density at radius 2 is 2.18 bits per heavy atom. The lowest BCUT2D eigenvalue weighted by atomic mass is 9.97. The Morgan fingerprint density at radius 1 is 1.59 bits per heavy atom. The number of aliphatic carboxylic acids is 1. The molecule has 6 nitrogen and oxygen atoms in total. The topological polar surface area (TPSA) is 70.1 Å². The molecule has 0 atom stereocenters. The van der Waals surface area contributed by atoms with E-state index < -0.39 is 11.6 Å². The summed E-state index contributed by atoms with van der Waals surface area (Å²) >= 11 is 0. The Bertz CT molecular complexity index is 355. The summed E-state index contributed by atoms with van der Waals surface area (Å²) in [7, 11) is 1.62. The molecule has 1 saturated heterocycles. The van der Waals surface area contributed by atoms with Crippen molar-refractivity contribution in [2.24, 2.45) is 0 Å². The molecule has 0 spiro atoms. The number of carboxylic acids is 1. The number of amides is 2. The van der Waals surface area contributed by atoms with Gasteiger partial charge in [-0.25, -0.2) is 9.59 Å². The van der Waals surface area contributed by atoms with Gasteiger partial charge in [-0.15, -0.1) is 6.42 Å². The van der Waals surface area contributed by atoms with Crippen LogP contribution in [0.15, 0.2) is 0 Å². The van der Waals surface area contributed by atoms with E-state index in [0.29, 0.717) is 13.1 Å². The fourth-order valence-electron chi connectivity index (χ4n) is 1.67. The zero-order valence-corrected chi connectivity index (χ0v) is 9.97. The third-order valence-corrected chi connectivity index (χ3v) is 2.52. The van der Waals surface area contributed by atoms with Crippen molar-refractivity contribution in [1.82, 2.24) is 9.80 Å². The first-order valence-corrected chi connectivity index (χ1v) is 5.17. The summed E-state index contributed by atoms with van der Waals surface area (Å²) < 4.78 is 5.19. The van der Waals surface area contributed by atoms with E-state index in [4.69, 9.17) is 16.3 Å². The highest BCUT2D eigenvalue weighted by Crippen LogP contribution is 2.25. The minimum Gasteiger partial charge on any atom is -0.480 e. The van der Waals surface area contributed by atoms with Crippen LogP contribution in [-0.2, 0) is 9.53 Å². The van der Waals surface area contributed by atoms with E-state index in [-0.39, 0.29) is 19.2 Å². The largest absolute Gasteiger partial charge is 0.480 e. The predicted octanol–water partition coefficient (Wildman–Crippen LogP) is -0.153. The van der Waals surface area contributed by atoms with Gasteiger partial charge in [-0.3, -0.25) is 0 Å². The summed E-state index contributed by atoms with van der Waals surface area (Å²) in [6.07, 6.45) is 5.11. The van der Waals surface area contributed by atoms with Gasteiger partial charge in [0.15, 0.2) is 0 Å². The molecule has 1 aliphatic heterocycles. The van der Waals surface area contributed by atoms with Gasteiger partial charge in [-0.2, -0.15) is 0 Å². The maximum Gasteiger partial charge on any atom is 0.329 e. The summed E-state index contributed by atoms with van der Waals surface area (Å²) in [5.74, 6) is 1.37. The van der Waals surface area contributed by atoms with Gasteiger partial charge in [0.1, 0.15) is 12.2 Å². The maximum absolute atomic E-state index is 11.7. The molecule has 2 amide bonds. The van der Waals surface area contributed by atoms with Gasteiger partial charge < -0.3 is 19.6 Å². The fourth-order valence-corrected chi connectivity index (χ4v) is 1.67. The van der Waals surface area contributed by atoms with Crippen LogP contribution < -0.4 is 0 Å². The van der Waals surface area contributed by atoms with E-state index >= 15 is 0 Å². The summed E-state index contributed by atoms with van der Waals surface area (Å²) in [6, 6.07) is -0.167. The first-order chi connectivity index (χ1) is 7.88. The Morgan fingerprint density at radius 3 is 2.65 bits per heavy atom. The summed E-state index contributed by atoms with van der Waals surface area (Å²) in [6.45, 7) is 2.45. The van der Waals surface area contributed by atoms with Crippen molar-refractivity contribution in [3.63, 3.8) is 0 Å². The molecule has 0 aliphatic carbocycles. The number of ether oxygens (including phenoxy) is 1. The Kier molecular flexibility index (Phi) is 3.97. The normalized spacial score (nSPS) is 16.9. The third-order valence-electron chi connectivity index (χ3n) is 2.52. The van der Waals surface area contributed by atoms with Crippen LogP contribution in [0, 0.1) is 12.3 Å². The molecule has 0 bridgehead atoms. The van der Waals surface area contributed by atoms with Crippen LogP contribution in [0.5, 0.6) is 0 Å². The highest BCUT2D eigenvalue weighted by molar-refractivity contribution is 5.75. The van der Waals surface area contributed by atoms with Gasteiger partial charge in [-0.05, 0) is 6.92 Å². The van der Waals surface area contributed by atoms with Crippen LogP contribution >= 0.6 is 0 Å². The summed E-state index contributed by atoms with van der Waals surface area (Å²) in [5.41, 5.74) is -0.564. The van der Waals surface area contributed by atoms with Crippen molar-refractivity contribution in [1.29, 1.82) is 0 Å². The van der Waals surface area contributed by atoms with Crippen molar-refractivity contribution < 1.29 is 19.4 Å². The van der Waals surface area contributed by atoms with Crippen LogP contribution in [-0.4, -0.2) is 65.8 Å². The maximum atomic E-state index is 11.7. The number of carbonyl (C=O) groups excluding carboxylic acids is 1. The predicted molar refractivity (Wildman–Crippen MR) is 60.4 cm³/mol. The molecule has 0 aromatic rings. The zero-order valence-electron chi connectivity index (χ0n) is 9.97. The molecule has 1 N–H and O–H groups in total. The molecular formula is C11H16N2O4. The molecule has 1 rings (SSSR count). The smallest absolute Gasteiger partial charge is 0.329 e. The molecule has 17 heavy (non-hydrogen) atoms. The van der Waals surface area contributed by atoms with Crippen LogP contribution in [0.25, 0.3) is 0 Å². The number of urea groups is 1. The van der Waals surface area contributed by atoms with E-state index in [0.717, 1.165) is 0 Å². The Balaban J connectivity index is 2.37. The number of likely N-dealkylation sites (tertiary alicyclic amines) is 1. The number of carbonyl (C=O) groups is 2.